The van der Waals surface area contributed by atoms with Gasteiger partial charge in [0.25, 0.3) is 5.91 Å². The lowest BCUT2D eigenvalue weighted by atomic mass is 10.2. The number of amides is 1. The van der Waals surface area contributed by atoms with Crippen LogP contribution in [0.2, 0.25) is 0 Å². The van der Waals surface area contributed by atoms with Crippen LogP contribution in [0.25, 0.3) is 0 Å². The van der Waals surface area contributed by atoms with Crippen molar-refractivity contribution in [2.75, 3.05) is 13.1 Å². The molecule has 1 aromatic rings. The summed E-state index contributed by atoms with van der Waals surface area (Å²) in [4.78, 5) is 11.9. The van der Waals surface area contributed by atoms with Crippen LogP contribution in [0.3, 0.4) is 0 Å². The first-order valence-electron chi connectivity index (χ1n) is 5.63. The van der Waals surface area contributed by atoms with Crippen LogP contribution < -0.4 is 10.6 Å². The number of halogens is 2. The van der Waals surface area contributed by atoms with Gasteiger partial charge in [0.15, 0.2) is 0 Å². The molecule has 1 atom stereocenters. The number of benzene rings is 1. The standard InChI is InChI=1S/C12H14FIN2O/c13-8-3-4-10(11(14)6-8)12(17)16-7-9-2-1-5-15-9/h3-4,6,9,15H,1-2,5,7H2,(H,16,17). The van der Waals surface area contributed by atoms with Crippen LogP contribution in [0.4, 0.5) is 4.39 Å². The SMILES string of the molecule is O=C(NCC1CCCN1)c1ccc(F)cc1I. The third kappa shape index (κ3) is 3.38. The molecule has 0 bridgehead atoms. The first-order chi connectivity index (χ1) is 8.16. The number of carbonyl (C=O) groups is 1. The van der Waals surface area contributed by atoms with Crippen molar-refractivity contribution in [3.05, 3.63) is 33.1 Å². The van der Waals surface area contributed by atoms with Gasteiger partial charge in [-0.2, -0.15) is 0 Å². The first kappa shape index (κ1) is 12.8. The molecule has 5 heteroatoms. The Kier molecular flexibility index (Phi) is 4.33. The molecule has 3 nitrogen and oxygen atoms in total. The van der Waals surface area contributed by atoms with Crippen molar-refractivity contribution in [1.82, 2.24) is 10.6 Å². The number of rotatable bonds is 3. The Bertz CT molecular complexity index is 419. The van der Waals surface area contributed by atoms with Crippen molar-refractivity contribution in [1.29, 1.82) is 0 Å². The summed E-state index contributed by atoms with van der Waals surface area (Å²) >= 11 is 1.97. The highest BCUT2D eigenvalue weighted by atomic mass is 127. The Labute approximate surface area is 113 Å². The molecule has 1 saturated heterocycles. The van der Waals surface area contributed by atoms with Crippen LogP contribution in [0.5, 0.6) is 0 Å². The molecule has 2 N–H and O–H groups in total. The molecule has 1 fully saturated rings. The minimum atomic E-state index is -0.316. The average molecular weight is 348 g/mol. The fraction of sp³-hybridized carbons (Fsp3) is 0.417. The van der Waals surface area contributed by atoms with E-state index in [4.69, 9.17) is 0 Å². The Balaban J connectivity index is 1.94. The first-order valence-corrected chi connectivity index (χ1v) is 6.71. The summed E-state index contributed by atoms with van der Waals surface area (Å²) in [6, 6.07) is 4.57. The highest BCUT2D eigenvalue weighted by molar-refractivity contribution is 14.1. The summed E-state index contributed by atoms with van der Waals surface area (Å²) in [5.41, 5.74) is 0.532. The van der Waals surface area contributed by atoms with Gasteiger partial charge in [0.1, 0.15) is 5.82 Å². The molecule has 1 aliphatic heterocycles. The third-order valence-electron chi connectivity index (χ3n) is 2.85. The summed E-state index contributed by atoms with van der Waals surface area (Å²) in [6.45, 7) is 1.65. The zero-order valence-corrected chi connectivity index (χ0v) is 11.5. The van der Waals surface area contributed by atoms with Crippen molar-refractivity contribution < 1.29 is 9.18 Å². The monoisotopic (exact) mass is 348 g/mol. The number of nitrogens with one attached hydrogen (secondary N) is 2. The van der Waals surface area contributed by atoms with E-state index in [2.05, 4.69) is 10.6 Å². The molecule has 1 unspecified atom stereocenters. The largest absolute Gasteiger partial charge is 0.350 e. The molecule has 17 heavy (non-hydrogen) atoms. The molecule has 0 aliphatic carbocycles. The van der Waals surface area contributed by atoms with Gasteiger partial charge in [-0.25, -0.2) is 4.39 Å². The molecule has 1 amide bonds. The zero-order chi connectivity index (χ0) is 12.3. The second-order valence-electron chi connectivity index (χ2n) is 4.13. The fourth-order valence-electron chi connectivity index (χ4n) is 1.92. The predicted octanol–water partition coefficient (Wildman–Crippen LogP) is 1.91. The smallest absolute Gasteiger partial charge is 0.252 e. The van der Waals surface area contributed by atoms with E-state index in [0.29, 0.717) is 21.7 Å². The molecular formula is C12H14FIN2O. The van der Waals surface area contributed by atoms with Crippen LogP contribution >= 0.6 is 22.6 Å². The Morgan fingerprint density at radius 2 is 2.41 bits per heavy atom. The van der Waals surface area contributed by atoms with Gasteiger partial charge in [0.05, 0.1) is 5.56 Å². The van der Waals surface area contributed by atoms with Gasteiger partial charge in [0.2, 0.25) is 0 Å². The third-order valence-corrected chi connectivity index (χ3v) is 3.74. The highest BCUT2D eigenvalue weighted by Crippen LogP contribution is 2.14. The molecule has 1 aromatic carbocycles. The summed E-state index contributed by atoms with van der Waals surface area (Å²) in [5, 5.41) is 6.18. The van der Waals surface area contributed by atoms with Crippen molar-refractivity contribution in [2.24, 2.45) is 0 Å². The predicted molar refractivity (Wildman–Crippen MR) is 72.5 cm³/mol. The lowest BCUT2D eigenvalue weighted by Crippen LogP contribution is -2.37. The second kappa shape index (κ2) is 5.77. The quantitative estimate of drug-likeness (QED) is 0.820. The maximum absolute atomic E-state index is 12.9. The molecule has 1 aliphatic rings. The van der Waals surface area contributed by atoms with E-state index in [0.717, 1.165) is 19.4 Å². The molecule has 0 saturated carbocycles. The topological polar surface area (TPSA) is 41.1 Å². The van der Waals surface area contributed by atoms with Gasteiger partial charge in [-0.05, 0) is 60.2 Å². The van der Waals surface area contributed by atoms with Crippen molar-refractivity contribution in [3.8, 4) is 0 Å². The van der Waals surface area contributed by atoms with Crippen molar-refractivity contribution in [2.45, 2.75) is 18.9 Å². The van der Waals surface area contributed by atoms with E-state index >= 15 is 0 Å². The van der Waals surface area contributed by atoms with E-state index in [9.17, 15) is 9.18 Å². The lowest BCUT2D eigenvalue weighted by molar-refractivity contribution is 0.0949. The van der Waals surface area contributed by atoms with Crippen LogP contribution in [0.1, 0.15) is 23.2 Å². The van der Waals surface area contributed by atoms with Gasteiger partial charge in [-0.3, -0.25) is 4.79 Å². The summed E-state index contributed by atoms with van der Waals surface area (Å²) in [7, 11) is 0. The Hall–Kier alpha value is -0.690. The van der Waals surface area contributed by atoms with Crippen LogP contribution in [-0.4, -0.2) is 25.0 Å². The molecule has 2 rings (SSSR count). The summed E-state index contributed by atoms with van der Waals surface area (Å²) in [6.07, 6.45) is 2.26. The van der Waals surface area contributed by atoms with Crippen LogP contribution in [0.15, 0.2) is 18.2 Å². The number of carbonyl (C=O) groups excluding carboxylic acids is 1. The van der Waals surface area contributed by atoms with Crippen LogP contribution in [-0.2, 0) is 0 Å². The minimum absolute atomic E-state index is 0.136. The highest BCUT2D eigenvalue weighted by Gasteiger charge is 2.16. The zero-order valence-electron chi connectivity index (χ0n) is 9.30. The fourth-order valence-corrected chi connectivity index (χ4v) is 2.64. The van der Waals surface area contributed by atoms with Crippen LogP contribution in [0, 0.1) is 9.39 Å². The second-order valence-corrected chi connectivity index (χ2v) is 5.29. The molecule has 0 spiro atoms. The summed E-state index contributed by atoms with van der Waals surface area (Å²) in [5.74, 6) is -0.452. The lowest BCUT2D eigenvalue weighted by Gasteiger charge is -2.12. The van der Waals surface area contributed by atoms with E-state index < -0.39 is 0 Å². The van der Waals surface area contributed by atoms with E-state index in [-0.39, 0.29) is 11.7 Å². The van der Waals surface area contributed by atoms with E-state index in [1.54, 1.807) is 0 Å². The molecule has 0 aromatic heterocycles. The van der Waals surface area contributed by atoms with E-state index in [1.807, 2.05) is 22.6 Å². The molecule has 1 heterocycles. The van der Waals surface area contributed by atoms with Gasteiger partial charge >= 0.3 is 0 Å². The normalized spacial score (nSPS) is 19.3. The Morgan fingerprint density at radius 3 is 3.06 bits per heavy atom. The summed E-state index contributed by atoms with van der Waals surface area (Å²) < 4.78 is 13.5. The maximum Gasteiger partial charge on any atom is 0.252 e. The number of hydrogen-bond donors (Lipinski definition) is 2. The van der Waals surface area contributed by atoms with Gasteiger partial charge in [-0.15, -0.1) is 0 Å². The van der Waals surface area contributed by atoms with Crippen molar-refractivity contribution >= 4 is 28.5 Å². The van der Waals surface area contributed by atoms with E-state index in [1.165, 1.54) is 18.2 Å². The molecule has 92 valence electrons. The van der Waals surface area contributed by atoms with Gasteiger partial charge < -0.3 is 10.6 Å². The number of hydrogen-bond acceptors (Lipinski definition) is 2. The van der Waals surface area contributed by atoms with Gasteiger partial charge in [-0.1, -0.05) is 0 Å². The molecular weight excluding hydrogens is 334 g/mol. The average Bonchev–Trinajstić information content (AvgIpc) is 2.78. The molecule has 0 radical (unpaired) electrons. The van der Waals surface area contributed by atoms with Crippen molar-refractivity contribution in [3.63, 3.8) is 0 Å². The minimum Gasteiger partial charge on any atom is -0.350 e. The van der Waals surface area contributed by atoms with Gasteiger partial charge in [0, 0.05) is 16.2 Å². The Morgan fingerprint density at radius 1 is 1.59 bits per heavy atom. The maximum atomic E-state index is 12.9.